The molecule has 152 valence electrons. The van der Waals surface area contributed by atoms with Crippen molar-refractivity contribution >= 4 is 11.9 Å². The molecule has 27 heavy (non-hydrogen) atoms. The lowest BCUT2D eigenvalue weighted by Crippen LogP contribution is -2.16. The van der Waals surface area contributed by atoms with Crippen molar-refractivity contribution in [3.05, 3.63) is 35.4 Å². The first-order valence-corrected chi connectivity index (χ1v) is 10.5. The van der Waals surface area contributed by atoms with Crippen molar-refractivity contribution in [1.29, 1.82) is 0 Å². The van der Waals surface area contributed by atoms with Gasteiger partial charge in [-0.05, 0) is 24.5 Å². The number of esters is 2. The van der Waals surface area contributed by atoms with Crippen LogP contribution in [0, 0.1) is 5.92 Å². The summed E-state index contributed by atoms with van der Waals surface area (Å²) in [6, 6.07) is 6.68. The van der Waals surface area contributed by atoms with Crippen LogP contribution in [0.3, 0.4) is 0 Å². The Morgan fingerprint density at radius 1 is 0.778 bits per heavy atom. The molecule has 0 saturated heterocycles. The van der Waals surface area contributed by atoms with E-state index in [0.717, 1.165) is 12.8 Å². The molecule has 1 aromatic carbocycles. The number of carbonyl (C=O) groups excluding carboxylic acids is 2. The summed E-state index contributed by atoms with van der Waals surface area (Å²) in [4.78, 5) is 24.5. The van der Waals surface area contributed by atoms with Crippen molar-refractivity contribution in [3.8, 4) is 0 Å². The van der Waals surface area contributed by atoms with Gasteiger partial charge in [-0.1, -0.05) is 84.3 Å². The molecule has 0 aliphatic carbocycles. The van der Waals surface area contributed by atoms with Gasteiger partial charge in [0.1, 0.15) is 0 Å². The summed E-state index contributed by atoms with van der Waals surface area (Å²) in [5.74, 6) is -0.675. The van der Waals surface area contributed by atoms with E-state index in [4.69, 9.17) is 9.47 Å². The normalized spacial score (nSPS) is 10.8. The average molecular weight is 377 g/mol. The summed E-state index contributed by atoms with van der Waals surface area (Å²) < 4.78 is 10.6. The highest BCUT2D eigenvalue weighted by Crippen LogP contribution is 2.14. The highest BCUT2D eigenvalue weighted by molar-refractivity contribution is 6.03. The average Bonchev–Trinajstić information content (AvgIpc) is 2.67. The molecular weight excluding hydrogens is 340 g/mol. The lowest BCUT2D eigenvalue weighted by atomic mass is 10.1. The van der Waals surface area contributed by atoms with Crippen LogP contribution >= 0.6 is 0 Å². The molecule has 0 heterocycles. The quantitative estimate of drug-likeness (QED) is 0.287. The molecule has 0 bridgehead atoms. The molecule has 0 aromatic heterocycles. The van der Waals surface area contributed by atoms with E-state index in [1.165, 1.54) is 44.9 Å². The molecule has 0 atom stereocenters. The standard InChI is InChI=1S/C23H36O4/c1-4-5-6-7-8-9-10-11-14-17-26-22(24)20-15-12-13-16-21(20)23(25)27-18-19(2)3/h12-13,15-16,19H,4-11,14,17-18H2,1-3H3. The molecule has 0 N–H and O–H groups in total. The summed E-state index contributed by atoms with van der Waals surface area (Å²) >= 11 is 0. The Bertz CT molecular complexity index is 551. The molecule has 0 fully saturated rings. The van der Waals surface area contributed by atoms with Gasteiger partial charge in [-0.15, -0.1) is 0 Å². The molecule has 1 rings (SSSR count). The minimum absolute atomic E-state index is 0.250. The smallest absolute Gasteiger partial charge is 0.339 e. The number of benzene rings is 1. The molecule has 0 unspecified atom stereocenters. The number of unbranched alkanes of at least 4 members (excludes halogenated alkanes) is 8. The molecule has 0 saturated carbocycles. The predicted molar refractivity (Wildman–Crippen MR) is 109 cm³/mol. The molecule has 4 heteroatoms. The van der Waals surface area contributed by atoms with Gasteiger partial charge in [0.15, 0.2) is 0 Å². The third kappa shape index (κ3) is 10.2. The SMILES string of the molecule is CCCCCCCCCCCOC(=O)c1ccccc1C(=O)OCC(C)C. The summed E-state index contributed by atoms with van der Waals surface area (Å²) in [7, 11) is 0. The van der Waals surface area contributed by atoms with Crippen molar-refractivity contribution in [1.82, 2.24) is 0 Å². The molecule has 0 radical (unpaired) electrons. The first-order chi connectivity index (χ1) is 13.1. The molecule has 0 aliphatic rings. The topological polar surface area (TPSA) is 52.6 Å². The van der Waals surface area contributed by atoms with E-state index >= 15 is 0 Å². The minimum atomic E-state index is -0.473. The number of hydrogen-bond donors (Lipinski definition) is 0. The lowest BCUT2D eigenvalue weighted by molar-refractivity contribution is 0.0427. The van der Waals surface area contributed by atoms with E-state index in [-0.39, 0.29) is 17.0 Å². The second-order valence-corrected chi connectivity index (χ2v) is 7.50. The summed E-state index contributed by atoms with van der Waals surface area (Å²) in [5, 5.41) is 0. The Kier molecular flexibility index (Phi) is 12.2. The van der Waals surface area contributed by atoms with E-state index in [1.807, 2.05) is 13.8 Å². The number of rotatable bonds is 14. The first-order valence-electron chi connectivity index (χ1n) is 10.5. The van der Waals surface area contributed by atoms with E-state index in [1.54, 1.807) is 24.3 Å². The maximum absolute atomic E-state index is 12.3. The zero-order valence-electron chi connectivity index (χ0n) is 17.3. The Morgan fingerprint density at radius 3 is 1.78 bits per heavy atom. The van der Waals surface area contributed by atoms with Gasteiger partial charge in [-0.25, -0.2) is 9.59 Å². The summed E-state index contributed by atoms with van der Waals surface area (Å²) in [6.07, 6.45) is 10.9. The van der Waals surface area contributed by atoms with Crippen molar-refractivity contribution in [2.24, 2.45) is 5.92 Å². The second kappa shape index (κ2) is 14.2. The third-order valence-electron chi connectivity index (χ3n) is 4.40. The molecule has 1 aromatic rings. The van der Waals surface area contributed by atoms with Gasteiger partial charge in [0.05, 0.1) is 24.3 Å². The first kappa shape index (κ1) is 23.2. The van der Waals surface area contributed by atoms with Crippen LogP contribution in [0.5, 0.6) is 0 Å². The Labute approximate surface area is 164 Å². The number of hydrogen-bond acceptors (Lipinski definition) is 4. The van der Waals surface area contributed by atoms with Crippen molar-refractivity contribution in [2.45, 2.75) is 78.6 Å². The van der Waals surface area contributed by atoms with Gasteiger partial charge in [-0.3, -0.25) is 0 Å². The molecular formula is C23H36O4. The van der Waals surface area contributed by atoms with Crippen LogP contribution in [0.2, 0.25) is 0 Å². The van der Waals surface area contributed by atoms with E-state index in [9.17, 15) is 9.59 Å². The molecule has 0 aliphatic heterocycles. The van der Waals surface area contributed by atoms with Crippen LogP contribution in [0.25, 0.3) is 0 Å². The summed E-state index contributed by atoms with van der Waals surface area (Å²) in [5.41, 5.74) is 0.553. The van der Waals surface area contributed by atoms with E-state index in [2.05, 4.69) is 6.92 Å². The van der Waals surface area contributed by atoms with Crippen molar-refractivity contribution in [2.75, 3.05) is 13.2 Å². The van der Waals surface area contributed by atoms with Crippen LogP contribution in [0.15, 0.2) is 24.3 Å². The highest BCUT2D eigenvalue weighted by atomic mass is 16.5. The van der Waals surface area contributed by atoms with Crippen LogP contribution in [0.1, 0.15) is 99.3 Å². The van der Waals surface area contributed by atoms with Crippen LogP contribution < -0.4 is 0 Å². The van der Waals surface area contributed by atoms with Crippen molar-refractivity contribution < 1.29 is 19.1 Å². The van der Waals surface area contributed by atoms with E-state index < -0.39 is 11.9 Å². The van der Waals surface area contributed by atoms with Crippen LogP contribution in [-0.2, 0) is 9.47 Å². The van der Waals surface area contributed by atoms with Gasteiger partial charge in [-0.2, -0.15) is 0 Å². The summed E-state index contributed by atoms with van der Waals surface area (Å²) in [6.45, 7) is 6.90. The fraction of sp³-hybridized carbons (Fsp3) is 0.652. The number of carbonyl (C=O) groups is 2. The monoisotopic (exact) mass is 376 g/mol. The molecule has 4 nitrogen and oxygen atoms in total. The fourth-order valence-electron chi connectivity index (χ4n) is 2.81. The zero-order valence-corrected chi connectivity index (χ0v) is 17.3. The number of ether oxygens (including phenoxy) is 2. The maximum Gasteiger partial charge on any atom is 0.339 e. The van der Waals surface area contributed by atoms with Gasteiger partial charge in [0, 0.05) is 0 Å². The molecule has 0 spiro atoms. The van der Waals surface area contributed by atoms with Crippen LogP contribution in [0.4, 0.5) is 0 Å². The van der Waals surface area contributed by atoms with Crippen molar-refractivity contribution in [3.63, 3.8) is 0 Å². The third-order valence-corrected chi connectivity index (χ3v) is 4.40. The second-order valence-electron chi connectivity index (χ2n) is 7.50. The van der Waals surface area contributed by atoms with Gasteiger partial charge >= 0.3 is 11.9 Å². The van der Waals surface area contributed by atoms with Gasteiger partial charge < -0.3 is 9.47 Å². The highest BCUT2D eigenvalue weighted by Gasteiger charge is 2.19. The van der Waals surface area contributed by atoms with Gasteiger partial charge in [0.2, 0.25) is 0 Å². The largest absolute Gasteiger partial charge is 0.462 e. The lowest BCUT2D eigenvalue weighted by Gasteiger charge is -2.11. The Hall–Kier alpha value is -1.84. The predicted octanol–water partition coefficient (Wildman–Crippen LogP) is 6.19. The molecule has 0 amide bonds. The van der Waals surface area contributed by atoms with Gasteiger partial charge in [0.25, 0.3) is 0 Å². The minimum Gasteiger partial charge on any atom is -0.462 e. The Balaban J connectivity index is 2.29. The Morgan fingerprint density at radius 2 is 1.26 bits per heavy atom. The fourth-order valence-corrected chi connectivity index (χ4v) is 2.81. The van der Waals surface area contributed by atoms with Crippen LogP contribution in [-0.4, -0.2) is 25.2 Å². The van der Waals surface area contributed by atoms with E-state index in [0.29, 0.717) is 13.2 Å². The maximum atomic E-state index is 12.3. The zero-order chi connectivity index (χ0) is 19.9.